The molecule has 1 aliphatic heterocycles. The van der Waals surface area contributed by atoms with Crippen LogP contribution in [-0.2, 0) is 4.79 Å². The van der Waals surface area contributed by atoms with E-state index >= 15 is 0 Å². The fourth-order valence-corrected chi connectivity index (χ4v) is 5.20. The summed E-state index contributed by atoms with van der Waals surface area (Å²) in [6.45, 7) is 3.56. The van der Waals surface area contributed by atoms with Crippen LogP contribution in [0.4, 0.5) is 10.1 Å². The molecule has 154 valence electrons. The SMILES string of the molecule is CC(=O)CCC1CCC2(CC1)CCN(c1cc(OC3CCC3)ccc1F)CC2. The third kappa shape index (κ3) is 4.52. The zero-order valence-corrected chi connectivity index (χ0v) is 17.2. The number of rotatable bonds is 6. The zero-order valence-electron chi connectivity index (χ0n) is 17.2. The van der Waals surface area contributed by atoms with Crippen LogP contribution in [0, 0.1) is 17.2 Å². The van der Waals surface area contributed by atoms with E-state index in [4.69, 9.17) is 4.74 Å². The minimum atomic E-state index is -0.134. The van der Waals surface area contributed by atoms with Gasteiger partial charge >= 0.3 is 0 Å². The first-order chi connectivity index (χ1) is 13.5. The lowest BCUT2D eigenvalue weighted by molar-refractivity contribution is -0.117. The number of carbonyl (C=O) groups is 1. The number of Topliss-reactive ketones (excluding diaryl/α,β-unsaturated/α-hetero) is 1. The van der Waals surface area contributed by atoms with E-state index in [1.165, 1.54) is 32.1 Å². The Bertz CT molecular complexity index is 682. The molecule has 0 bridgehead atoms. The lowest BCUT2D eigenvalue weighted by Crippen LogP contribution is -2.42. The van der Waals surface area contributed by atoms with Crippen LogP contribution in [0.3, 0.4) is 0 Å². The van der Waals surface area contributed by atoms with E-state index in [2.05, 4.69) is 4.90 Å². The largest absolute Gasteiger partial charge is 0.490 e. The van der Waals surface area contributed by atoms with Gasteiger partial charge in [0.05, 0.1) is 11.8 Å². The molecule has 4 heteroatoms. The summed E-state index contributed by atoms with van der Waals surface area (Å²) in [6, 6.07) is 5.24. The second-order valence-electron chi connectivity index (χ2n) is 9.46. The Morgan fingerprint density at radius 1 is 1.14 bits per heavy atom. The molecule has 1 spiro atoms. The van der Waals surface area contributed by atoms with Crippen molar-refractivity contribution in [2.45, 2.75) is 83.7 Å². The van der Waals surface area contributed by atoms with Crippen LogP contribution in [0.15, 0.2) is 18.2 Å². The van der Waals surface area contributed by atoms with Crippen molar-refractivity contribution in [3.05, 3.63) is 24.0 Å². The fourth-order valence-electron chi connectivity index (χ4n) is 5.20. The summed E-state index contributed by atoms with van der Waals surface area (Å²) in [5.41, 5.74) is 1.15. The van der Waals surface area contributed by atoms with Crippen molar-refractivity contribution in [2.75, 3.05) is 18.0 Å². The molecule has 4 rings (SSSR count). The molecule has 0 radical (unpaired) electrons. The Kier molecular flexibility index (Phi) is 5.93. The number of carbonyl (C=O) groups excluding carboxylic acids is 1. The highest BCUT2D eigenvalue weighted by Gasteiger charge is 2.38. The summed E-state index contributed by atoms with van der Waals surface area (Å²) in [5.74, 6) is 1.72. The molecule has 3 nitrogen and oxygen atoms in total. The lowest BCUT2D eigenvalue weighted by atomic mass is 9.65. The molecule has 28 heavy (non-hydrogen) atoms. The van der Waals surface area contributed by atoms with E-state index in [0.29, 0.717) is 23.0 Å². The summed E-state index contributed by atoms with van der Waals surface area (Å²) < 4.78 is 20.5. The molecule has 1 saturated heterocycles. The molecule has 1 aromatic rings. The monoisotopic (exact) mass is 387 g/mol. The first kappa shape index (κ1) is 19.7. The first-order valence-electron chi connectivity index (χ1n) is 11.2. The summed E-state index contributed by atoms with van der Waals surface area (Å²) in [7, 11) is 0. The number of piperidine rings is 1. The van der Waals surface area contributed by atoms with Crippen LogP contribution in [-0.4, -0.2) is 25.0 Å². The molecule has 0 N–H and O–H groups in total. The maximum Gasteiger partial charge on any atom is 0.146 e. The number of halogens is 1. The third-order valence-corrected chi connectivity index (χ3v) is 7.51. The highest BCUT2D eigenvalue weighted by molar-refractivity contribution is 5.75. The molecular formula is C24H34FNO2. The van der Waals surface area contributed by atoms with E-state index in [9.17, 15) is 9.18 Å². The van der Waals surface area contributed by atoms with Gasteiger partial charge in [0.2, 0.25) is 0 Å². The van der Waals surface area contributed by atoms with Gasteiger partial charge in [-0.3, -0.25) is 0 Å². The Hall–Kier alpha value is -1.58. The molecule has 1 heterocycles. The van der Waals surface area contributed by atoms with Gasteiger partial charge in [0.15, 0.2) is 0 Å². The van der Waals surface area contributed by atoms with Crippen LogP contribution in [0.1, 0.15) is 77.6 Å². The van der Waals surface area contributed by atoms with Crippen LogP contribution in [0.2, 0.25) is 0 Å². The molecule has 3 aliphatic rings. The van der Waals surface area contributed by atoms with Crippen molar-refractivity contribution in [3.63, 3.8) is 0 Å². The summed E-state index contributed by atoms with van der Waals surface area (Å²) >= 11 is 0. The second kappa shape index (κ2) is 8.42. The third-order valence-electron chi connectivity index (χ3n) is 7.51. The first-order valence-corrected chi connectivity index (χ1v) is 11.2. The number of nitrogens with zero attached hydrogens (tertiary/aromatic N) is 1. The van der Waals surface area contributed by atoms with Gasteiger partial charge in [-0.05, 0) is 94.6 Å². The number of ether oxygens (including phenoxy) is 1. The van der Waals surface area contributed by atoms with Crippen molar-refractivity contribution in [1.82, 2.24) is 0 Å². The number of hydrogen-bond acceptors (Lipinski definition) is 3. The van der Waals surface area contributed by atoms with Gasteiger partial charge in [0.25, 0.3) is 0 Å². The highest BCUT2D eigenvalue weighted by Crippen LogP contribution is 2.48. The Morgan fingerprint density at radius 3 is 2.46 bits per heavy atom. The number of anilines is 1. The van der Waals surface area contributed by atoms with Gasteiger partial charge in [-0.15, -0.1) is 0 Å². The summed E-state index contributed by atoms with van der Waals surface area (Å²) in [6.07, 6.45) is 13.0. The highest BCUT2D eigenvalue weighted by atomic mass is 19.1. The predicted octanol–water partition coefficient (Wildman–Crippen LogP) is 5.90. The molecule has 0 amide bonds. The van der Waals surface area contributed by atoms with E-state index in [1.54, 1.807) is 19.1 Å². The number of benzene rings is 1. The van der Waals surface area contributed by atoms with Crippen LogP contribution in [0.25, 0.3) is 0 Å². The van der Waals surface area contributed by atoms with Gasteiger partial charge in [-0.25, -0.2) is 4.39 Å². The van der Waals surface area contributed by atoms with Gasteiger partial charge in [0.1, 0.15) is 17.3 Å². The van der Waals surface area contributed by atoms with Gasteiger partial charge in [-0.1, -0.05) is 0 Å². The van der Waals surface area contributed by atoms with Gasteiger partial charge in [0, 0.05) is 25.6 Å². The van der Waals surface area contributed by atoms with Crippen LogP contribution in [0.5, 0.6) is 5.75 Å². The molecule has 0 unspecified atom stereocenters. The summed E-state index contributed by atoms with van der Waals surface area (Å²) in [5, 5.41) is 0. The van der Waals surface area contributed by atoms with Gasteiger partial charge < -0.3 is 14.4 Å². The second-order valence-corrected chi connectivity index (χ2v) is 9.46. The Labute approximate surface area is 168 Å². The molecule has 0 aromatic heterocycles. The van der Waals surface area contributed by atoms with E-state index in [1.807, 2.05) is 6.07 Å². The van der Waals surface area contributed by atoms with Crippen molar-refractivity contribution < 1.29 is 13.9 Å². The Balaban J connectivity index is 1.32. The molecule has 0 atom stereocenters. The molecule has 3 fully saturated rings. The maximum absolute atomic E-state index is 14.5. The van der Waals surface area contributed by atoms with E-state index < -0.39 is 0 Å². The maximum atomic E-state index is 14.5. The molecule has 1 aromatic carbocycles. The summed E-state index contributed by atoms with van der Waals surface area (Å²) in [4.78, 5) is 13.5. The average Bonchev–Trinajstić information content (AvgIpc) is 2.66. The van der Waals surface area contributed by atoms with E-state index in [-0.39, 0.29) is 5.82 Å². The zero-order chi connectivity index (χ0) is 19.6. The predicted molar refractivity (Wildman–Crippen MR) is 110 cm³/mol. The normalized spacial score (nSPS) is 22.9. The van der Waals surface area contributed by atoms with Crippen LogP contribution >= 0.6 is 0 Å². The van der Waals surface area contributed by atoms with Crippen LogP contribution < -0.4 is 9.64 Å². The Morgan fingerprint density at radius 2 is 1.86 bits per heavy atom. The smallest absolute Gasteiger partial charge is 0.146 e. The number of ketones is 1. The standard InChI is InChI=1S/C24H34FNO2/c1-18(27)5-6-19-9-11-24(12-10-19)13-15-26(16-14-24)23-17-21(7-8-22(23)25)28-20-3-2-4-20/h7-8,17,19-20H,2-6,9-16H2,1H3. The quantitative estimate of drug-likeness (QED) is 0.608. The van der Waals surface area contributed by atoms with Crippen molar-refractivity contribution in [1.29, 1.82) is 0 Å². The average molecular weight is 388 g/mol. The number of hydrogen-bond donors (Lipinski definition) is 0. The van der Waals surface area contributed by atoms with Crippen molar-refractivity contribution in [2.24, 2.45) is 11.3 Å². The minimum absolute atomic E-state index is 0.134. The van der Waals surface area contributed by atoms with Crippen molar-refractivity contribution in [3.8, 4) is 5.75 Å². The van der Waals surface area contributed by atoms with E-state index in [0.717, 1.165) is 63.3 Å². The topological polar surface area (TPSA) is 29.5 Å². The molecular weight excluding hydrogens is 353 g/mol. The van der Waals surface area contributed by atoms with Crippen molar-refractivity contribution >= 4 is 11.5 Å². The minimum Gasteiger partial charge on any atom is -0.490 e. The fraction of sp³-hybridized carbons (Fsp3) is 0.708. The lowest BCUT2D eigenvalue weighted by Gasteiger charge is -2.46. The molecule has 2 aliphatic carbocycles. The molecule has 2 saturated carbocycles. The van der Waals surface area contributed by atoms with Gasteiger partial charge in [-0.2, -0.15) is 0 Å².